The third-order valence-electron chi connectivity index (χ3n) is 4.98. The normalized spacial score (nSPS) is 15.7. The monoisotopic (exact) mass is 384 g/mol. The minimum atomic E-state index is -0.647. The highest BCUT2D eigenvalue weighted by molar-refractivity contribution is 7.98. The van der Waals surface area contributed by atoms with Crippen LogP contribution in [0.1, 0.15) is 18.4 Å². The molecule has 0 radical (unpaired) electrons. The lowest BCUT2D eigenvalue weighted by Crippen LogP contribution is -2.47. The lowest BCUT2D eigenvalue weighted by molar-refractivity contribution is -0.136. The van der Waals surface area contributed by atoms with Gasteiger partial charge in [0.25, 0.3) is 0 Å². The van der Waals surface area contributed by atoms with Crippen LogP contribution in [0.5, 0.6) is 0 Å². The molecule has 1 heterocycles. The van der Waals surface area contributed by atoms with E-state index in [0.29, 0.717) is 25.4 Å². The summed E-state index contributed by atoms with van der Waals surface area (Å²) in [4.78, 5) is 25.7. The van der Waals surface area contributed by atoms with E-state index in [4.69, 9.17) is 4.74 Å². The van der Waals surface area contributed by atoms with Gasteiger partial charge in [0.2, 0.25) is 0 Å². The quantitative estimate of drug-likeness (QED) is 0.614. The SMILES string of the molecule is CSc1ccccc1NC(=O)C(=O)NCC1(c2ccccc2)CCOCC1. The molecule has 0 aromatic heterocycles. The van der Waals surface area contributed by atoms with Crippen molar-refractivity contribution in [1.29, 1.82) is 0 Å². The number of hydrogen-bond donors (Lipinski definition) is 2. The first-order valence-electron chi connectivity index (χ1n) is 9.00. The fourth-order valence-electron chi connectivity index (χ4n) is 3.38. The zero-order chi connectivity index (χ0) is 19.1. The molecule has 2 amide bonds. The molecule has 0 bridgehead atoms. The van der Waals surface area contributed by atoms with Crippen LogP contribution in [0, 0.1) is 0 Å². The summed E-state index contributed by atoms with van der Waals surface area (Å²) >= 11 is 1.52. The molecular formula is C21H24N2O3S. The molecule has 2 aromatic carbocycles. The fourth-order valence-corrected chi connectivity index (χ4v) is 3.93. The van der Waals surface area contributed by atoms with Crippen molar-refractivity contribution in [2.24, 2.45) is 0 Å². The van der Waals surface area contributed by atoms with Crippen molar-refractivity contribution in [2.75, 3.05) is 31.3 Å². The van der Waals surface area contributed by atoms with Gasteiger partial charge < -0.3 is 15.4 Å². The zero-order valence-electron chi connectivity index (χ0n) is 15.4. The number of anilines is 1. The number of hydrogen-bond acceptors (Lipinski definition) is 4. The second-order valence-corrected chi connectivity index (χ2v) is 7.44. The summed E-state index contributed by atoms with van der Waals surface area (Å²) in [5, 5.41) is 5.54. The lowest BCUT2D eigenvalue weighted by Gasteiger charge is -2.37. The Hall–Kier alpha value is -2.31. The molecule has 6 heteroatoms. The summed E-state index contributed by atoms with van der Waals surface area (Å²) in [6.07, 6.45) is 3.56. The first kappa shape index (κ1) is 19.5. The van der Waals surface area contributed by atoms with Crippen molar-refractivity contribution < 1.29 is 14.3 Å². The molecule has 1 saturated heterocycles. The predicted molar refractivity (Wildman–Crippen MR) is 108 cm³/mol. The molecule has 5 nitrogen and oxygen atoms in total. The Kier molecular flexibility index (Phi) is 6.53. The third kappa shape index (κ3) is 4.70. The summed E-state index contributed by atoms with van der Waals surface area (Å²) in [6.45, 7) is 1.72. The summed E-state index contributed by atoms with van der Waals surface area (Å²) in [5.41, 5.74) is 1.61. The van der Waals surface area contributed by atoms with Gasteiger partial charge >= 0.3 is 11.8 Å². The van der Waals surface area contributed by atoms with E-state index < -0.39 is 11.8 Å². The van der Waals surface area contributed by atoms with Gasteiger partial charge in [0.1, 0.15) is 0 Å². The average molecular weight is 385 g/mol. The van der Waals surface area contributed by atoms with E-state index in [9.17, 15) is 9.59 Å². The minimum Gasteiger partial charge on any atom is -0.381 e. The van der Waals surface area contributed by atoms with Crippen LogP contribution < -0.4 is 10.6 Å². The van der Waals surface area contributed by atoms with Crippen LogP contribution in [-0.4, -0.2) is 37.8 Å². The van der Waals surface area contributed by atoms with E-state index in [2.05, 4.69) is 22.8 Å². The lowest BCUT2D eigenvalue weighted by atomic mass is 9.74. The number of carbonyl (C=O) groups is 2. The van der Waals surface area contributed by atoms with Gasteiger partial charge in [0.05, 0.1) is 5.69 Å². The Balaban J connectivity index is 1.66. The van der Waals surface area contributed by atoms with E-state index in [1.807, 2.05) is 42.7 Å². The van der Waals surface area contributed by atoms with Gasteiger partial charge in [-0.1, -0.05) is 42.5 Å². The van der Waals surface area contributed by atoms with Crippen LogP contribution >= 0.6 is 11.8 Å². The van der Waals surface area contributed by atoms with Crippen LogP contribution in [0.15, 0.2) is 59.5 Å². The first-order valence-corrected chi connectivity index (χ1v) is 10.2. The molecule has 0 unspecified atom stereocenters. The molecular weight excluding hydrogens is 360 g/mol. The van der Waals surface area contributed by atoms with Crippen molar-refractivity contribution in [3.05, 3.63) is 60.2 Å². The standard InChI is InChI=1S/C21H24N2O3S/c1-27-18-10-6-5-9-17(18)23-20(25)19(24)22-15-21(11-13-26-14-12-21)16-7-3-2-4-8-16/h2-10H,11-15H2,1H3,(H,22,24)(H,23,25). The number of rotatable bonds is 5. The number of carbonyl (C=O) groups excluding carboxylic acids is 2. The van der Waals surface area contributed by atoms with E-state index in [1.165, 1.54) is 17.3 Å². The van der Waals surface area contributed by atoms with E-state index in [-0.39, 0.29) is 5.41 Å². The smallest absolute Gasteiger partial charge is 0.313 e. The predicted octanol–water partition coefficient (Wildman–Crippen LogP) is 3.21. The molecule has 2 aromatic rings. The maximum atomic E-state index is 12.4. The number of amides is 2. The van der Waals surface area contributed by atoms with Crippen molar-refractivity contribution in [1.82, 2.24) is 5.32 Å². The van der Waals surface area contributed by atoms with Gasteiger partial charge in [0.15, 0.2) is 0 Å². The highest BCUT2D eigenvalue weighted by atomic mass is 32.2. The van der Waals surface area contributed by atoms with E-state index in [1.54, 1.807) is 6.07 Å². The van der Waals surface area contributed by atoms with Crippen LogP contribution in [-0.2, 0) is 19.7 Å². The topological polar surface area (TPSA) is 67.4 Å². The highest BCUT2D eigenvalue weighted by Crippen LogP contribution is 2.34. The summed E-state index contributed by atoms with van der Waals surface area (Å²) in [5.74, 6) is -1.26. The number of ether oxygens (including phenoxy) is 1. The molecule has 0 saturated carbocycles. The van der Waals surface area contributed by atoms with Crippen LogP contribution in [0.25, 0.3) is 0 Å². The van der Waals surface area contributed by atoms with Crippen molar-refractivity contribution in [2.45, 2.75) is 23.2 Å². The molecule has 142 valence electrons. The number of nitrogens with one attached hydrogen (secondary N) is 2. The molecule has 0 aliphatic carbocycles. The maximum Gasteiger partial charge on any atom is 0.313 e. The van der Waals surface area contributed by atoms with Crippen molar-refractivity contribution >= 4 is 29.3 Å². The van der Waals surface area contributed by atoms with Crippen LogP contribution in [0.4, 0.5) is 5.69 Å². The molecule has 1 aliphatic rings. The molecule has 27 heavy (non-hydrogen) atoms. The number of thioether (sulfide) groups is 1. The van der Waals surface area contributed by atoms with Gasteiger partial charge in [-0.15, -0.1) is 11.8 Å². The Morgan fingerprint density at radius 1 is 1.00 bits per heavy atom. The second kappa shape index (κ2) is 9.06. The molecule has 1 fully saturated rings. The first-order chi connectivity index (χ1) is 13.1. The summed E-state index contributed by atoms with van der Waals surface area (Å²) in [6, 6.07) is 17.6. The number of benzene rings is 2. The molecule has 0 atom stereocenters. The van der Waals surface area contributed by atoms with Gasteiger partial charge in [-0.3, -0.25) is 9.59 Å². The maximum absolute atomic E-state index is 12.4. The Morgan fingerprint density at radius 2 is 1.67 bits per heavy atom. The summed E-state index contributed by atoms with van der Waals surface area (Å²) < 4.78 is 5.51. The van der Waals surface area contributed by atoms with Crippen LogP contribution in [0.2, 0.25) is 0 Å². The van der Waals surface area contributed by atoms with E-state index in [0.717, 1.165) is 17.7 Å². The van der Waals surface area contributed by atoms with Crippen LogP contribution in [0.3, 0.4) is 0 Å². The van der Waals surface area contributed by atoms with Gasteiger partial charge in [0, 0.05) is 30.1 Å². The second-order valence-electron chi connectivity index (χ2n) is 6.60. The fraction of sp³-hybridized carbons (Fsp3) is 0.333. The zero-order valence-corrected chi connectivity index (χ0v) is 16.2. The van der Waals surface area contributed by atoms with Gasteiger partial charge in [-0.2, -0.15) is 0 Å². The Morgan fingerprint density at radius 3 is 2.37 bits per heavy atom. The van der Waals surface area contributed by atoms with Gasteiger partial charge in [-0.05, 0) is 36.8 Å². The highest BCUT2D eigenvalue weighted by Gasteiger charge is 2.35. The molecule has 0 spiro atoms. The van der Waals surface area contributed by atoms with Crippen molar-refractivity contribution in [3.63, 3.8) is 0 Å². The number of para-hydroxylation sites is 1. The Bertz CT molecular complexity index is 789. The molecule has 2 N–H and O–H groups in total. The largest absolute Gasteiger partial charge is 0.381 e. The minimum absolute atomic E-state index is 0.202. The Labute approximate surface area is 163 Å². The van der Waals surface area contributed by atoms with Gasteiger partial charge in [-0.25, -0.2) is 0 Å². The van der Waals surface area contributed by atoms with Crippen molar-refractivity contribution in [3.8, 4) is 0 Å². The third-order valence-corrected chi connectivity index (χ3v) is 5.78. The summed E-state index contributed by atoms with van der Waals surface area (Å²) in [7, 11) is 0. The molecule has 3 rings (SSSR count). The average Bonchev–Trinajstić information content (AvgIpc) is 2.73. The molecule has 1 aliphatic heterocycles. The van der Waals surface area contributed by atoms with E-state index >= 15 is 0 Å².